The summed E-state index contributed by atoms with van der Waals surface area (Å²) in [6.07, 6.45) is 5.91. The molecule has 0 spiro atoms. The van der Waals surface area contributed by atoms with Crippen molar-refractivity contribution in [2.45, 2.75) is 37.7 Å². The molecule has 0 amide bonds. The van der Waals surface area contributed by atoms with Crippen molar-refractivity contribution in [2.75, 3.05) is 20.2 Å². The summed E-state index contributed by atoms with van der Waals surface area (Å²) >= 11 is 0. The highest BCUT2D eigenvalue weighted by Gasteiger charge is 2.61. The SMILES string of the molecule is CNCC1(C2CC2c2ccccc2)CCOC1C1CC1. The first-order chi connectivity index (χ1) is 9.85. The molecule has 4 unspecified atom stereocenters. The number of hydrogen-bond donors (Lipinski definition) is 1. The van der Waals surface area contributed by atoms with Crippen LogP contribution in [0.4, 0.5) is 0 Å². The van der Waals surface area contributed by atoms with E-state index in [2.05, 4.69) is 42.7 Å². The van der Waals surface area contributed by atoms with E-state index in [1.54, 1.807) is 0 Å². The molecule has 3 aliphatic rings. The molecule has 0 radical (unpaired) electrons. The third kappa shape index (κ3) is 2.01. The van der Waals surface area contributed by atoms with Crippen LogP contribution in [0.2, 0.25) is 0 Å². The van der Waals surface area contributed by atoms with Gasteiger partial charge in [0.1, 0.15) is 0 Å². The smallest absolute Gasteiger partial charge is 0.0675 e. The van der Waals surface area contributed by atoms with Gasteiger partial charge in [0.25, 0.3) is 0 Å². The van der Waals surface area contributed by atoms with Gasteiger partial charge in [-0.1, -0.05) is 30.3 Å². The molecular formula is C18H25NO. The molecule has 1 aliphatic heterocycles. The fourth-order valence-corrected chi connectivity index (χ4v) is 4.63. The van der Waals surface area contributed by atoms with Crippen LogP contribution in [0.25, 0.3) is 0 Å². The van der Waals surface area contributed by atoms with Crippen LogP contribution in [0.15, 0.2) is 30.3 Å². The molecule has 4 rings (SSSR count). The topological polar surface area (TPSA) is 21.3 Å². The highest BCUT2D eigenvalue weighted by Crippen LogP contribution is 2.64. The van der Waals surface area contributed by atoms with Crippen molar-refractivity contribution >= 4 is 0 Å². The lowest BCUT2D eigenvalue weighted by molar-refractivity contribution is 0.0196. The maximum atomic E-state index is 6.19. The molecule has 1 saturated heterocycles. The summed E-state index contributed by atoms with van der Waals surface area (Å²) in [5, 5.41) is 3.48. The highest BCUT2D eigenvalue weighted by atomic mass is 16.5. The van der Waals surface area contributed by atoms with Crippen LogP contribution in [0, 0.1) is 17.3 Å². The lowest BCUT2D eigenvalue weighted by Gasteiger charge is -2.35. The second-order valence-corrected chi connectivity index (χ2v) is 7.00. The molecule has 2 saturated carbocycles. The molecule has 1 aromatic carbocycles. The second-order valence-electron chi connectivity index (χ2n) is 7.00. The van der Waals surface area contributed by atoms with Crippen molar-refractivity contribution in [3.63, 3.8) is 0 Å². The van der Waals surface area contributed by atoms with Gasteiger partial charge in [-0.15, -0.1) is 0 Å². The minimum Gasteiger partial charge on any atom is -0.377 e. The molecule has 20 heavy (non-hydrogen) atoms. The van der Waals surface area contributed by atoms with Crippen LogP contribution in [-0.4, -0.2) is 26.3 Å². The maximum Gasteiger partial charge on any atom is 0.0675 e. The van der Waals surface area contributed by atoms with E-state index in [9.17, 15) is 0 Å². The zero-order valence-electron chi connectivity index (χ0n) is 12.3. The number of nitrogens with one attached hydrogen (secondary N) is 1. The largest absolute Gasteiger partial charge is 0.377 e. The van der Waals surface area contributed by atoms with Gasteiger partial charge in [0.15, 0.2) is 0 Å². The van der Waals surface area contributed by atoms with Crippen LogP contribution in [0.5, 0.6) is 0 Å². The van der Waals surface area contributed by atoms with Gasteiger partial charge in [0.05, 0.1) is 6.10 Å². The Hall–Kier alpha value is -0.860. The van der Waals surface area contributed by atoms with Crippen molar-refractivity contribution in [2.24, 2.45) is 17.3 Å². The van der Waals surface area contributed by atoms with Gasteiger partial charge in [-0.05, 0) is 56.0 Å². The fourth-order valence-electron chi connectivity index (χ4n) is 4.63. The molecule has 0 aromatic heterocycles. The average Bonchev–Trinajstić information content (AvgIpc) is 3.40. The van der Waals surface area contributed by atoms with Gasteiger partial charge >= 0.3 is 0 Å². The normalized spacial score (nSPS) is 40.0. The van der Waals surface area contributed by atoms with Crippen LogP contribution >= 0.6 is 0 Å². The maximum absolute atomic E-state index is 6.19. The summed E-state index contributed by atoms with van der Waals surface area (Å²) in [6.45, 7) is 2.10. The number of rotatable bonds is 5. The zero-order valence-corrected chi connectivity index (χ0v) is 12.3. The lowest BCUT2D eigenvalue weighted by atomic mass is 9.73. The quantitative estimate of drug-likeness (QED) is 0.888. The van der Waals surface area contributed by atoms with E-state index in [1.165, 1.54) is 31.2 Å². The minimum absolute atomic E-state index is 0.399. The van der Waals surface area contributed by atoms with Gasteiger partial charge in [-0.3, -0.25) is 0 Å². The molecule has 2 aliphatic carbocycles. The molecule has 1 heterocycles. The first kappa shape index (κ1) is 12.8. The Balaban J connectivity index is 1.58. The molecule has 2 nitrogen and oxygen atoms in total. The van der Waals surface area contributed by atoms with Crippen LogP contribution < -0.4 is 5.32 Å². The van der Waals surface area contributed by atoms with Gasteiger partial charge in [0, 0.05) is 18.6 Å². The van der Waals surface area contributed by atoms with Gasteiger partial charge in [-0.25, -0.2) is 0 Å². The van der Waals surface area contributed by atoms with Crippen LogP contribution in [0.3, 0.4) is 0 Å². The summed E-state index contributed by atoms with van der Waals surface area (Å²) in [5.41, 5.74) is 1.94. The van der Waals surface area contributed by atoms with E-state index in [0.29, 0.717) is 11.5 Å². The Labute approximate surface area is 121 Å². The van der Waals surface area contributed by atoms with Crippen LogP contribution in [-0.2, 0) is 4.74 Å². The molecular weight excluding hydrogens is 246 g/mol. The van der Waals surface area contributed by atoms with E-state index >= 15 is 0 Å². The van der Waals surface area contributed by atoms with Crippen molar-refractivity contribution in [1.82, 2.24) is 5.32 Å². The van der Waals surface area contributed by atoms with E-state index in [4.69, 9.17) is 4.74 Å². The first-order valence-electron chi connectivity index (χ1n) is 8.16. The van der Waals surface area contributed by atoms with E-state index < -0.39 is 0 Å². The van der Waals surface area contributed by atoms with Crippen LogP contribution in [0.1, 0.15) is 37.2 Å². The Morgan fingerprint density at radius 2 is 2.05 bits per heavy atom. The molecule has 1 N–H and O–H groups in total. The average molecular weight is 271 g/mol. The third-order valence-corrected chi connectivity index (χ3v) is 5.74. The standard InChI is InChI=1S/C18H25NO/c1-19-12-18(9-10-20-17(18)14-7-8-14)16-11-15(16)13-5-3-2-4-6-13/h2-6,14-17,19H,7-12H2,1H3. The van der Waals surface area contributed by atoms with Crippen molar-refractivity contribution in [3.05, 3.63) is 35.9 Å². The summed E-state index contributed by atoms with van der Waals surface area (Å²) in [4.78, 5) is 0. The molecule has 1 aromatic rings. The van der Waals surface area contributed by atoms with Gasteiger partial charge < -0.3 is 10.1 Å². The van der Waals surface area contributed by atoms with Gasteiger partial charge in [0.2, 0.25) is 0 Å². The van der Waals surface area contributed by atoms with E-state index in [-0.39, 0.29) is 0 Å². The Morgan fingerprint density at radius 1 is 1.25 bits per heavy atom. The first-order valence-corrected chi connectivity index (χ1v) is 8.16. The Morgan fingerprint density at radius 3 is 2.75 bits per heavy atom. The summed E-state index contributed by atoms with van der Waals surface area (Å²) in [7, 11) is 2.10. The minimum atomic E-state index is 0.399. The molecule has 2 heteroatoms. The van der Waals surface area contributed by atoms with Gasteiger partial charge in [-0.2, -0.15) is 0 Å². The lowest BCUT2D eigenvalue weighted by Crippen LogP contribution is -2.43. The number of ether oxygens (including phenoxy) is 1. The Kier molecular flexibility index (Phi) is 3.12. The molecule has 108 valence electrons. The molecule has 4 atom stereocenters. The molecule has 0 bridgehead atoms. The fraction of sp³-hybridized carbons (Fsp3) is 0.667. The zero-order chi connectivity index (χ0) is 13.6. The third-order valence-electron chi connectivity index (χ3n) is 5.74. The van der Waals surface area contributed by atoms with E-state index in [0.717, 1.165) is 30.9 Å². The predicted octanol–water partition coefficient (Wildman–Crippen LogP) is 3.19. The molecule has 3 fully saturated rings. The Bertz CT molecular complexity index is 470. The summed E-state index contributed by atoms with van der Waals surface area (Å²) in [5.74, 6) is 2.45. The second kappa shape index (κ2) is 4.85. The van der Waals surface area contributed by atoms with Crippen molar-refractivity contribution in [3.8, 4) is 0 Å². The number of hydrogen-bond acceptors (Lipinski definition) is 2. The summed E-state index contributed by atoms with van der Waals surface area (Å²) in [6, 6.07) is 11.1. The van der Waals surface area contributed by atoms with E-state index in [1.807, 2.05) is 0 Å². The highest BCUT2D eigenvalue weighted by molar-refractivity contribution is 5.28. The summed E-state index contributed by atoms with van der Waals surface area (Å²) < 4.78 is 6.19. The number of benzene rings is 1. The predicted molar refractivity (Wildman–Crippen MR) is 80.7 cm³/mol. The van der Waals surface area contributed by atoms with Crippen molar-refractivity contribution < 1.29 is 4.74 Å². The monoisotopic (exact) mass is 271 g/mol. The van der Waals surface area contributed by atoms with Crippen molar-refractivity contribution in [1.29, 1.82) is 0 Å².